The number of nitro groups is 2. The first-order chi connectivity index (χ1) is 14.8. The van der Waals surface area contributed by atoms with Crippen LogP contribution in [0, 0.1) is 26.0 Å². The van der Waals surface area contributed by atoms with Crippen molar-refractivity contribution in [3.8, 4) is 5.75 Å². The molecule has 0 bridgehead atoms. The number of halogens is 2. The van der Waals surface area contributed by atoms with Crippen molar-refractivity contribution in [2.24, 2.45) is 5.10 Å². The Balaban J connectivity index is 1.77. The average Bonchev–Trinajstić information content (AvgIpc) is 2.74. The van der Waals surface area contributed by atoms with Gasteiger partial charge in [0.2, 0.25) is 0 Å². The minimum absolute atomic E-state index is 0.00405. The second kappa shape index (κ2) is 9.76. The van der Waals surface area contributed by atoms with E-state index in [1.807, 2.05) is 0 Å². The van der Waals surface area contributed by atoms with Gasteiger partial charge in [-0.1, -0.05) is 28.1 Å². The molecule has 3 aromatic carbocycles. The first-order valence-corrected chi connectivity index (χ1v) is 9.51. The van der Waals surface area contributed by atoms with Gasteiger partial charge in [0.05, 0.1) is 22.1 Å². The van der Waals surface area contributed by atoms with Crippen LogP contribution in [0.25, 0.3) is 0 Å². The molecule has 0 aliphatic heterocycles. The van der Waals surface area contributed by atoms with Crippen LogP contribution in [0.15, 0.2) is 70.2 Å². The summed E-state index contributed by atoms with van der Waals surface area (Å²) in [7, 11) is 0. The molecular weight excluding hydrogens is 475 g/mol. The molecule has 0 fully saturated rings. The van der Waals surface area contributed by atoms with E-state index in [9.17, 15) is 24.6 Å². The Kier molecular flexibility index (Phi) is 6.88. The monoisotopic (exact) mass is 488 g/mol. The minimum atomic E-state index is -0.735. The molecule has 0 saturated heterocycles. The van der Waals surface area contributed by atoms with Crippen molar-refractivity contribution < 1.29 is 19.0 Å². The maximum Gasteiger partial charge on any atom is 0.301 e. The van der Waals surface area contributed by atoms with Gasteiger partial charge in [0, 0.05) is 16.1 Å². The van der Waals surface area contributed by atoms with Crippen LogP contribution < -0.4 is 10.2 Å². The number of hydrogen-bond acceptors (Lipinski definition) is 7. The molecule has 0 unspecified atom stereocenters. The van der Waals surface area contributed by atoms with Crippen LogP contribution in [0.5, 0.6) is 5.75 Å². The fourth-order valence-corrected chi connectivity index (χ4v) is 2.92. The maximum absolute atomic E-state index is 13.0. The third-order valence-corrected chi connectivity index (χ3v) is 4.55. The summed E-state index contributed by atoms with van der Waals surface area (Å²) in [4.78, 5) is 20.6. The molecule has 9 nitrogen and oxygen atoms in total. The molecule has 0 aliphatic rings. The molecule has 31 heavy (non-hydrogen) atoms. The molecule has 0 aromatic heterocycles. The normalized spacial score (nSPS) is 10.8. The molecule has 0 spiro atoms. The number of hydrogen-bond donors (Lipinski definition) is 1. The third kappa shape index (κ3) is 5.82. The standard InChI is InChI=1S/C20H14BrFN4O5/c21-15-3-8-20(31-12-13-1-4-16(22)5-2-13)14(9-15)11-23-24-18-7-6-17(25(27)28)10-19(18)26(29)30/h1-11,24H,12H2/b23-11+. The summed E-state index contributed by atoms with van der Waals surface area (Å²) in [5, 5.41) is 26.0. The van der Waals surface area contributed by atoms with Crippen LogP contribution in [0.4, 0.5) is 21.5 Å². The highest BCUT2D eigenvalue weighted by molar-refractivity contribution is 9.10. The van der Waals surface area contributed by atoms with Gasteiger partial charge in [-0.05, 0) is 42.0 Å². The van der Waals surface area contributed by atoms with Crippen molar-refractivity contribution in [3.63, 3.8) is 0 Å². The second-order valence-electron chi connectivity index (χ2n) is 6.18. The molecule has 3 rings (SSSR count). The Morgan fingerprint density at radius 2 is 1.77 bits per heavy atom. The van der Waals surface area contributed by atoms with Crippen LogP contribution in [-0.2, 0) is 6.61 Å². The summed E-state index contributed by atoms with van der Waals surface area (Å²) >= 11 is 3.36. The SMILES string of the molecule is O=[N+]([O-])c1ccc(N/N=C/c2cc(Br)ccc2OCc2ccc(F)cc2)c([N+](=O)[O-])c1. The first-order valence-electron chi connectivity index (χ1n) is 8.72. The Labute approximate surface area is 183 Å². The van der Waals surface area contributed by atoms with Gasteiger partial charge < -0.3 is 4.74 Å². The number of non-ortho nitro benzene ring substituents is 1. The Morgan fingerprint density at radius 3 is 2.45 bits per heavy atom. The van der Waals surface area contributed by atoms with Gasteiger partial charge in [-0.25, -0.2) is 4.39 Å². The minimum Gasteiger partial charge on any atom is -0.488 e. The van der Waals surface area contributed by atoms with E-state index in [-0.39, 0.29) is 18.1 Å². The number of nitro benzene ring substituents is 2. The number of anilines is 1. The fourth-order valence-electron chi connectivity index (χ4n) is 2.54. The molecule has 0 heterocycles. The summed E-state index contributed by atoms with van der Waals surface area (Å²) in [6.07, 6.45) is 1.40. The predicted molar refractivity (Wildman–Crippen MR) is 116 cm³/mol. The molecule has 0 aliphatic carbocycles. The van der Waals surface area contributed by atoms with Crippen LogP contribution in [0.1, 0.15) is 11.1 Å². The molecule has 1 N–H and O–H groups in total. The maximum atomic E-state index is 13.0. The Bertz CT molecular complexity index is 1150. The van der Waals surface area contributed by atoms with Gasteiger partial charge in [-0.15, -0.1) is 0 Å². The van der Waals surface area contributed by atoms with E-state index in [1.54, 1.807) is 30.3 Å². The van der Waals surface area contributed by atoms with Crippen LogP contribution >= 0.6 is 15.9 Å². The Hall–Kier alpha value is -3.86. The predicted octanol–water partition coefficient (Wildman–Crippen LogP) is 5.43. The number of benzene rings is 3. The van der Waals surface area contributed by atoms with Gasteiger partial charge in [-0.3, -0.25) is 25.7 Å². The number of hydrazone groups is 1. The van der Waals surface area contributed by atoms with E-state index < -0.39 is 21.2 Å². The zero-order chi connectivity index (χ0) is 22.4. The quantitative estimate of drug-likeness (QED) is 0.256. The van der Waals surface area contributed by atoms with Gasteiger partial charge in [0.1, 0.15) is 23.9 Å². The lowest BCUT2D eigenvalue weighted by Crippen LogP contribution is -2.01. The van der Waals surface area contributed by atoms with Crippen LogP contribution in [-0.4, -0.2) is 16.1 Å². The Morgan fingerprint density at radius 1 is 1.03 bits per heavy atom. The number of ether oxygens (including phenoxy) is 1. The van der Waals surface area contributed by atoms with Gasteiger partial charge in [0.15, 0.2) is 0 Å². The van der Waals surface area contributed by atoms with Crippen molar-refractivity contribution in [2.45, 2.75) is 6.61 Å². The summed E-state index contributed by atoms with van der Waals surface area (Å²) in [5.74, 6) is 0.142. The molecule has 158 valence electrons. The molecule has 3 aromatic rings. The summed E-state index contributed by atoms with van der Waals surface area (Å²) in [6.45, 7) is 0.198. The number of nitrogens with zero attached hydrogens (tertiary/aromatic N) is 3. The second-order valence-corrected chi connectivity index (χ2v) is 7.10. The fraction of sp³-hybridized carbons (Fsp3) is 0.0500. The summed E-state index contributed by atoms with van der Waals surface area (Å²) in [6, 6.07) is 14.3. The summed E-state index contributed by atoms with van der Waals surface area (Å²) in [5.41, 5.74) is 2.98. The van der Waals surface area contributed by atoms with Gasteiger partial charge in [-0.2, -0.15) is 5.10 Å². The highest BCUT2D eigenvalue weighted by Crippen LogP contribution is 2.29. The van der Waals surface area contributed by atoms with E-state index >= 15 is 0 Å². The zero-order valence-corrected chi connectivity index (χ0v) is 17.3. The van der Waals surface area contributed by atoms with Crippen molar-refractivity contribution in [2.75, 3.05) is 5.43 Å². The third-order valence-electron chi connectivity index (χ3n) is 4.06. The van der Waals surface area contributed by atoms with E-state index in [2.05, 4.69) is 26.5 Å². The zero-order valence-electron chi connectivity index (χ0n) is 15.7. The number of rotatable bonds is 8. The molecule has 11 heteroatoms. The van der Waals surface area contributed by atoms with E-state index in [0.717, 1.165) is 22.2 Å². The smallest absolute Gasteiger partial charge is 0.301 e. The number of nitrogens with one attached hydrogen (secondary N) is 1. The lowest BCUT2D eigenvalue weighted by Gasteiger charge is -2.10. The lowest BCUT2D eigenvalue weighted by atomic mass is 10.2. The van der Waals surface area contributed by atoms with Crippen molar-refractivity contribution >= 4 is 39.2 Å². The topological polar surface area (TPSA) is 120 Å². The highest BCUT2D eigenvalue weighted by Gasteiger charge is 2.19. The highest BCUT2D eigenvalue weighted by atomic mass is 79.9. The molecule has 0 radical (unpaired) electrons. The largest absolute Gasteiger partial charge is 0.488 e. The van der Waals surface area contributed by atoms with Crippen molar-refractivity contribution in [1.29, 1.82) is 0 Å². The average molecular weight is 489 g/mol. The molecule has 0 saturated carbocycles. The molecular formula is C20H14BrFN4O5. The van der Waals surface area contributed by atoms with Crippen LogP contribution in [0.3, 0.4) is 0 Å². The van der Waals surface area contributed by atoms with E-state index in [4.69, 9.17) is 4.74 Å². The molecule has 0 amide bonds. The van der Waals surface area contributed by atoms with E-state index in [0.29, 0.717) is 11.3 Å². The van der Waals surface area contributed by atoms with Crippen molar-refractivity contribution in [1.82, 2.24) is 0 Å². The van der Waals surface area contributed by atoms with Crippen LogP contribution in [0.2, 0.25) is 0 Å². The van der Waals surface area contributed by atoms with Gasteiger partial charge >= 0.3 is 5.69 Å². The first kappa shape index (κ1) is 21.8. The van der Waals surface area contributed by atoms with Crippen molar-refractivity contribution in [3.05, 3.63) is 102 Å². The van der Waals surface area contributed by atoms with E-state index in [1.165, 1.54) is 24.4 Å². The van der Waals surface area contributed by atoms with Gasteiger partial charge in [0.25, 0.3) is 5.69 Å². The molecule has 0 atom stereocenters. The summed E-state index contributed by atoms with van der Waals surface area (Å²) < 4.78 is 19.6. The lowest BCUT2D eigenvalue weighted by molar-refractivity contribution is -0.393.